The summed E-state index contributed by atoms with van der Waals surface area (Å²) in [5.74, 6) is 1.05. The lowest BCUT2D eigenvalue weighted by Crippen LogP contribution is -2.12. The second-order valence-electron chi connectivity index (χ2n) is 7.94. The van der Waals surface area contributed by atoms with Gasteiger partial charge in [0.1, 0.15) is 0 Å². The van der Waals surface area contributed by atoms with Crippen molar-refractivity contribution < 1.29 is 14.3 Å². The van der Waals surface area contributed by atoms with Crippen LogP contribution in [0.1, 0.15) is 36.7 Å². The summed E-state index contributed by atoms with van der Waals surface area (Å²) in [7, 11) is 0. The molecule has 1 amide bonds. The minimum Gasteiger partial charge on any atom is -0.454 e. The number of ether oxygens (including phenoxy) is 2. The summed E-state index contributed by atoms with van der Waals surface area (Å²) in [6.45, 7) is 6.74. The highest BCUT2D eigenvalue weighted by Crippen LogP contribution is 2.34. The monoisotopic (exact) mass is 389 g/mol. The van der Waals surface area contributed by atoms with Gasteiger partial charge in [-0.05, 0) is 41.3 Å². The number of amides is 1. The smallest absolute Gasteiger partial charge is 0.257 e. The van der Waals surface area contributed by atoms with Gasteiger partial charge in [0.25, 0.3) is 5.91 Å². The lowest BCUT2D eigenvalue weighted by Gasteiger charge is -2.19. The predicted molar refractivity (Wildman–Crippen MR) is 113 cm³/mol. The average Bonchev–Trinajstić information content (AvgIpc) is 3.16. The highest BCUT2D eigenvalue weighted by Gasteiger charge is 2.15. The molecule has 2 N–H and O–H groups in total. The Morgan fingerprint density at radius 3 is 2.38 bits per heavy atom. The fraction of sp³-hybridized carbons (Fsp3) is 0.217. The van der Waals surface area contributed by atoms with Crippen LogP contribution in [0.4, 0.5) is 17.1 Å². The molecule has 29 heavy (non-hydrogen) atoms. The van der Waals surface area contributed by atoms with Gasteiger partial charge in [-0.3, -0.25) is 9.78 Å². The number of carbonyl (C=O) groups excluding carboxylic acids is 1. The molecule has 0 bridgehead atoms. The van der Waals surface area contributed by atoms with Crippen molar-refractivity contribution >= 4 is 23.0 Å². The first kappa shape index (κ1) is 18.8. The first-order valence-corrected chi connectivity index (χ1v) is 9.42. The number of aromatic nitrogens is 1. The number of hydrogen-bond acceptors (Lipinski definition) is 5. The Morgan fingerprint density at radius 1 is 0.897 bits per heavy atom. The van der Waals surface area contributed by atoms with E-state index in [-0.39, 0.29) is 18.1 Å². The van der Waals surface area contributed by atoms with Crippen molar-refractivity contribution in [3.63, 3.8) is 0 Å². The van der Waals surface area contributed by atoms with E-state index in [1.807, 2.05) is 12.1 Å². The lowest BCUT2D eigenvalue weighted by atomic mass is 9.87. The number of fused-ring (bicyclic) bond motifs is 1. The van der Waals surface area contributed by atoms with Crippen LogP contribution >= 0.6 is 0 Å². The zero-order valence-electron chi connectivity index (χ0n) is 16.7. The quantitative estimate of drug-likeness (QED) is 0.649. The predicted octanol–water partition coefficient (Wildman–Crippen LogP) is 5.10. The number of carbonyl (C=O) groups is 1. The molecule has 1 aromatic heterocycles. The SMILES string of the molecule is CC(C)(C)c1ccc(Nc2cncc(C(=O)Nc3ccc4c(c3)OCO4)c2)cc1. The molecule has 6 heteroatoms. The maximum atomic E-state index is 12.6. The maximum Gasteiger partial charge on any atom is 0.257 e. The second kappa shape index (κ2) is 7.47. The van der Waals surface area contributed by atoms with Crippen LogP contribution in [0.15, 0.2) is 60.9 Å². The number of hydrogen-bond donors (Lipinski definition) is 2. The number of nitrogens with zero attached hydrogens (tertiary/aromatic N) is 1. The van der Waals surface area contributed by atoms with E-state index in [0.717, 1.165) is 11.4 Å². The van der Waals surface area contributed by atoms with E-state index in [4.69, 9.17) is 9.47 Å². The minimum absolute atomic E-state index is 0.104. The number of benzene rings is 2. The van der Waals surface area contributed by atoms with E-state index in [1.165, 1.54) is 11.8 Å². The molecule has 0 fully saturated rings. The molecular formula is C23H23N3O3. The van der Waals surface area contributed by atoms with E-state index in [1.54, 1.807) is 30.5 Å². The third-order valence-corrected chi connectivity index (χ3v) is 4.67. The van der Waals surface area contributed by atoms with Crippen molar-refractivity contribution in [3.05, 3.63) is 72.1 Å². The van der Waals surface area contributed by atoms with Gasteiger partial charge in [-0.1, -0.05) is 32.9 Å². The minimum atomic E-state index is -0.247. The van der Waals surface area contributed by atoms with Crippen LogP contribution in [0.3, 0.4) is 0 Å². The van der Waals surface area contributed by atoms with Crippen LogP contribution in [0, 0.1) is 0 Å². The Kier molecular flexibility index (Phi) is 4.84. The number of pyridine rings is 1. The van der Waals surface area contributed by atoms with E-state index >= 15 is 0 Å². The maximum absolute atomic E-state index is 12.6. The molecule has 148 valence electrons. The van der Waals surface area contributed by atoms with Crippen LogP contribution < -0.4 is 20.1 Å². The van der Waals surface area contributed by atoms with Gasteiger partial charge in [-0.2, -0.15) is 0 Å². The zero-order valence-corrected chi connectivity index (χ0v) is 16.7. The highest BCUT2D eigenvalue weighted by molar-refractivity contribution is 6.04. The van der Waals surface area contributed by atoms with E-state index < -0.39 is 0 Å². The van der Waals surface area contributed by atoms with Crippen molar-refractivity contribution in [2.24, 2.45) is 0 Å². The third-order valence-electron chi connectivity index (χ3n) is 4.67. The highest BCUT2D eigenvalue weighted by atomic mass is 16.7. The Labute approximate surface area is 169 Å². The van der Waals surface area contributed by atoms with Crippen LogP contribution in [0.25, 0.3) is 0 Å². The van der Waals surface area contributed by atoms with Crippen LogP contribution in [0.2, 0.25) is 0 Å². The third kappa shape index (κ3) is 4.32. The molecule has 3 aromatic rings. The Morgan fingerprint density at radius 2 is 1.62 bits per heavy atom. The van der Waals surface area contributed by atoms with Crippen molar-refractivity contribution in [1.29, 1.82) is 0 Å². The van der Waals surface area contributed by atoms with E-state index in [9.17, 15) is 4.79 Å². The molecule has 0 aliphatic carbocycles. The molecule has 0 spiro atoms. The van der Waals surface area contributed by atoms with Gasteiger partial charge in [-0.25, -0.2) is 0 Å². The van der Waals surface area contributed by atoms with Gasteiger partial charge in [-0.15, -0.1) is 0 Å². The van der Waals surface area contributed by atoms with Crippen LogP contribution in [0.5, 0.6) is 11.5 Å². The Balaban J connectivity index is 1.46. The molecule has 1 aliphatic rings. The first-order valence-electron chi connectivity index (χ1n) is 9.42. The van der Waals surface area contributed by atoms with Crippen molar-refractivity contribution in [3.8, 4) is 11.5 Å². The molecule has 0 radical (unpaired) electrons. The van der Waals surface area contributed by atoms with E-state index in [2.05, 4.69) is 48.5 Å². The van der Waals surface area contributed by atoms with Crippen LogP contribution in [-0.2, 0) is 5.41 Å². The van der Waals surface area contributed by atoms with Crippen LogP contribution in [-0.4, -0.2) is 17.7 Å². The van der Waals surface area contributed by atoms with Crippen molar-refractivity contribution in [2.75, 3.05) is 17.4 Å². The number of rotatable bonds is 4. The molecule has 0 unspecified atom stereocenters. The molecule has 0 atom stereocenters. The van der Waals surface area contributed by atoms with Gasteiger partial charge in [0, 0.05) is 23.6 Å². The number of anilines is 3. The zero-order chi connectivity index (χ0) is 20.4. The molecule has 6 nitrogen and oxygen atoms in total. The Bertz CT molecular complexity index is 1040. The molecule has 4 rings (SSSR count). The van der Waals surface area contributed by atoms with Crippen molar-refractivity contribution in [1.82, 2.24) is 4.98 Å². The van der Waals surface area contributed by atoms with Gasteiger partial charge in [0.05, 0.1) is 17.4 Å². The summed E-state index contributed by atoms with van der Waals surface area (Å²) in [6.07, 6.45) is 3.23. The molecule has 2 heterocycles. The molecule has 2 aromatic carbocycles. The average molecular weight is 389 g/mol. The summed E-state index contributed by atoms with van der Waals surface area (Å²) < 4.78 is 10.6. The summed E-state index contributed by atoms with van der Waals surface area (Å²) >= 11 is 0. The summed E-state index contributed by atoms with van der Waals surface area (Å²) in [5, 5.41) is 6.16. The fourth-order valence-corrected chi connectivity index (χ4v) is 3.03. The number of nitrogens with one attached hydrogen (secondary N) is 2. The summed E-state index contributed by atoms with van der Waals surface area (Å²) in [6, 6.07) is 15.3. The molecule has 1 aliphatic heterocycles. The van der Waals surface area contributed by atoms with E-state index in [0.29, 0.717) is 22.7 Å². The van der Waals surface area contributed by atoms with Crippen molar-refractivity contribution in [2.45, 2.75) is 26.2 Å². The van der Waals surface area contributed by atoms with Gasteiger partial charge >= 0.3 is 0 Å². The topological polar surface area (TPSA) is 72.5 Å². The van der Waals surface area contributed by atoms with Gasteiger partial charge in [0.2, 0.25) is 6.79 Å². The lowest BCUT2D eigenvalue weighted by molar-refractivity contribution is 0.102. The molecule has 0 saturated heterocycles. The standard InChI is InChI=1S/C23H23N3O3/c1-23(2,3)16-4-6-17(7-5-16)25-19-10-15(12-24-13-19)22(27)26-18-8-9-20-21(11-18)29-14-28-20/h4-13,25H,14H2,1-3H3,(H,26,27). The normalized spacial score (nSPS) is 12.5. The second-order valence-corrected chi connectivity index (χ2v) is 7.94. The largest absolute Gasteiger partial charge is 0.454 e. The van der Waals surface area contributed by atoms with Gasteiger partial charge in [0.15, 0.2) is 11.5 Å². The summed E-state index contributed by atoms with van der Waals surface area (Å²) in [4.78, 5) is 16.8. The first-order chi connectivity index (χ1) is 13.9. The Hall–Kier alpha value is -3.54. The van der Waals surface area contributed by atoms with Gasteiger partial charge < -0.3 is 20.1 Å². The molecule has 0 saturated carbocycles. The fourth-order valence-electron chi connectivity index (χ4n) is 3.03. The summed E-state index contributed by atoms with van der Waals surface area (Å²) in [5.41, 5.74) is 4.14. The molecular weight excluding hydrogens is 366 g/mol.